The Kier molecular flexibility index (Phi) is 5.06. The summed E-state index contributed by atoms with van der Waals surface area (Å²) >= 11 is 1.16. The van der Waals surface area contributed by atoms with Crippen LogP contribution in [0.5, 0.6) is 5.75 Å². The van der Waals surface area contributed by atoms with Gasteiger partial charge in [0.15, 0.2) is 0 Å². The van der Waals surface area contributed by atoms with Crippen molar-refractivity contribution in [3.8, 4) is 17.2 Å². The van der Waals surface area contributed by atoms with Gasteiger partial charge in [-0.2, -0.15) is 0 Å². The monoisotopic (exact) mass is 385 g/mol. The zero-order valence-electron chi connectivity index (χ0n) is 14.2. The number of ether oxygens (including phenoxy) is 1. The average molecular weight is 385 g/mol. The SMILES string of the molecule is O=C(CSc1nnc(-c2ccc(F)cc2)o1)N[C@H]1CCOc2ccccc21. The normalized spacial score (nSPS) is 15.7. The van der Waals surface area contributed by atoms with E-state index < -0.39 is 0 Å². The van der Waals surface area contributed by atoms with E-state index in [0.29, 0.717) is 12.2 Å². The molecular weight excluding hydrogens is 369 g/mol. The topological polar surface area (TPSA) is 77.2 Å². The zero-order valence-corrected chi connectivity index (χ0v) is 15.0. The smallest absolute Gasteiger partial charge is 0.277 e. The maximum Gasteiger partial charge on any atom is 0.277 e. The number of fused-ring (bicyclic) bond motifs is 1. The van der Waals surface area contributed by atoms with Gasteiger partial charge in [-0.15, -0.1) is 10.2 Å². The quantitative estimate of drug-likeness (QED) is 0.676. The fourth-order valence-electron chi connectivity index (χ4n) is 2.83. The van der Waals surface area contributed by atoms with Crippen LogP contribution in [0.2, 0.25) is 0 Å². The minimum atomic E-state index is -0.334. The molecule has 2 aromatic carbocycles. The molecule has 1 N–H and O–H groups in total. The Balaban J connectivity index is 1.34. The zero-order chi connectivity index (χ0) is 18.6. The van der Waals surface area contributed by atoms with Crippen LogP contribution in [0.15, 0.2) is 58.2 Å². The third kappa shape index (κ3) is 4.11. The number of hydrogen-bond acceptors (Lipinski definition) is 6. The van der Waals surface area contributed by atoms with E-state index in [1.54, 1.807) is 12.1 Å². The van der Waals surface area contributed by atoms with Crippen LogP contribution < -0.4 is 10.1 Å². The molecule has 8 heteroatoms. The van der Waals surface area contributed by atoms with Gasteiger partial charge in [0.2, 0.25) is 11.8 Å². The average Bonchev–Trinajstić information content (AvgIpc) is 3.16. The lowest BCUT2D eigenvalue weighted by Crippen LogP contribution is -2.33. The van der Waals surface area contributed by atoms with Crippen LogP contribution in [0.4, 0.5) is 4.39 Å². The fraction of sp³-hybridized carbons (Fsp3) is 0.211. The summed E-state index contributed by atoms with van der Waals surface area (Å²) in [6.07, 6.45) is 0.725. The van der Waals surface area contributed by atoms with Crippen LogP contribution in [0.1, 0.15) is 18.0 Å². The van der Waals surface area contributed by atoms with E-state index in [4.69, 9.17) is 9.15 Å². The number of benzene rings is 2. The van der Waals surface area contributed by atoms with Crippen molar-refractivity contribution < 1.29 is 18.3 Å². The minimum Gasteiger partial charge on any atom is -0.493 e. The molecule has 138 valence electrons. The van der Waals surface area contributed by atoms with Gasteiger partial charge < -0.3 is 14.5 Å². The molecule has 4 rings (SSSR count). The van der Waals surface area contributed by atoms with Gasteiger partial charge in [0.05, 0.1) is 18.4 Å². The van der Waals surface area contributed by atoms with Crippen molar-refractivity contribution in [2.24, 2.45) is 0 Å². The minimum absolute atomic E-state index is 0.0690. The van der Waals surface area contributed by atoms with Crippen molar-refractivity contribution in [2.45, 2.75) is 17.7 Å². The van der Waals surface area contributed by atoms with E-state index in [9.17, 15) is 9.18 Å². The number of carbonyl (C=O) groups excluding carboxylic acids is 1. The molecule has 1 aliphatic rings. The highest BCUT2D eigenvalue weighted by molar-refractivity contribution is 7.99. The molecular formula is C19H16FN3O3S. The standard InChI is InChI=1S/C19H16FN3O3S/c20-13-7-5-12(6-8-13)18-22-23-19(26-18)27-11-17(24)21-15-9-10-25-16-4-2-1-3-14(15)16/h1-8,15H,9-11H2,(H,21,24)/t15-/m0/s1. The second kappa shape index (κ2) is 7.79. The van der Waals surface area contributed by atoms with Crippen LogP contribution in [0.3, 0.4) is 0 Å². The summed E-state index contributed by atoms with van der Waals surface area (Å²) in [4.78, 5) is 12.3. The molecule has 0 fully saturated rings. The van der Waals surface area contributed by atoms with E-state index in [2.05, 4.69) is 15.5 Å². The lowest BCUT2D eigenvalue weighted by Gasteiger charge is -2.26. The first-order valence-corrected chi connectivity index (χ1v) is 9.41. The molecule has 1 aromatic heterocycles. The van der Waals surface area contributed by atoms with Crippen LogP contribution in [-0.2, 0) is 4.79 Å². The molecule has 27 heavy (non-hydrogen) atoms. The van der Waals surface area contributed by atoms with Crippen molar-refractivity contribution in [3.63, 3.8) is 0 Å². The molecule has 0 aliphatic carbocycles. The number of amides is 1. The van der Waals surface area contributed by atoms with Gasteiger partial charge in [-0.1, -0.05) is 30.0 Å². The highest BCUT2D eigenvalue weighted by atomic mass is 32.2. The highest BCUT2D eigenvalue weighted by Gasteiger charge is 2.22. The van der Waals surface area contributed by atoms with Crippen LogP contribution in [0, 0.1) is 5.82 Å². The molecule has 2 heterocycles. The Morgan fingerprint density at radius 3 is 2.85 bits per heavy atom. The van der Waals surface area contributed by atoms with Crippen LogP contribution >= 0.6 is 11.8 Å². The molecule has 0 saturated heterocycles. The van der Waals surface area contributed by atoms with Gasteiger partial charge >= 0.3 is 0 Å². The Morgan fingerprint density at radius 2 is 2.00 bits per heavy atom. The van der Waals surface area contributed by atoms with E-state index in [1.807, 2.05) is 24.3 Å². The van der Waals surface area contributed by atoms with Crippen LogP contribution in [-0.4, -0.2) is 28.5 Å². The summed E-state index contributed by atoms with van der Waals surface area (Å²) in [5, 5.41) is 11.2. The summed E-state index contributed by atoms with van der Waals surface area (Å²) in [5.74, 6) is 0.797. The lowest BCUT2D eigenvalue weighted by molar-refractivity contribution is -0.119. The number of carbonyl (C=O) groups is 1. The Bertz CT molecular complexity index is 945. The number of nitrogens with one attached hydrogen (secondary N) is 1. The molecule has 6 nitrogen and oxygen atoms in total. The van der Waals surface area contributed by atoms with Crippen molar-refractivity contribution in [3.05, 3.63) is 59.9 Å². The number of aromatic nitrogens is 2. The van der Waals surface area contributed by atoms with E-state index in [-0.39, 0.29) is 34.6 Å². The summed E-state index contributed by atoms with van der Waals surface area (Å²) in [5.41, 5.74) is 1.61. The van der Waals surface area contributed by atoms with E-state index in [0.717, 1.165) is 29.5 Å². The molecule has 1 amide bonds. The maximum atomic E-state index is 13.0. The Hall–Kier alpha value is -2.87. The number of hydrogen-bond donors (Lipinski definition) is 1. The fourth-order valence-corrected chi connectivity index (χ4v) is 3.41. The Morgan fingerprint density at radius 1 is 1.19 bits per heavy atom. The van der Waals surface area contributed by atoms with E-state index in [1.165, 1.54) is 12.1 Å². The van der Waals surface area contributed by atoms with Gasteiger partial charge in [0.25, 0.3) is 5.22 Å². The molecule has 0 unspecified atom stereocenters. The third-order valence-electron chi connectivity index (χ3n) is 4.12. The highest BCUT2D eigenvalue weighted by Crippen LogP contribution is 2.31. The number of nitrogens with zero attached hydrogens (tertiary/aromatic N) is 2. The van der Waals surface area contributed by atoms with Gasteiger partial charge in [0.1, 0.15) is 11.6 Å². The number of para-hydroxylation sites is 1. The second-order valence-corrected chi connectivity index (χ2v) is 6.89. The first-order valence-electron chi connectivity index (χ1n) is 8.42. The van der Waals surface area contributed by atoms with E-state index >= 15 is 0 Å². The van der Waals surface area contributed by atoms with Gasteiger partial charge in [0, 0.05) is 17.5 Å². The van der Waals surface area contributed by atoms with Crippen molar-refractivity contribution in [1.29, 1.82) is 0 Å². The molecule has 3 aromatic rings. The summed E-state index contributed by atoms with van der Waals surface area (Å²) in [6, 6.07) is 13.4. The molecule has 1 aliphatic heterocycles. The molecule has 1 atom stereocenters. The Labute approximate surface area is 159 Å². The molecule has 0 spiro atoms. The van der Waals surface area contributed by atoms with Crippen molar-refractivity contribution >= 4 is 17.7 Å². The first kappa shape index (κ1) is 17.5. The first-order chi connectivity index (χ1) is 13.2. The van der Waals surface area contributed by atoms with Gasteiger partial charge in [-0.05, 0) is 30.3 Å². The summed E-state index contributed by atoms with van der Waals surface area (Å²) in [6.45, 7) is 0.569. The molecule has 0 saturated carbocycles. The molecule has 0 bridgehead atoms. The van der Waals surface area contributed by atoms with Gasteiger partial charge in [-0.25, -0.2) is 4.39 Å². The van der Waals surface area contributed by atoms with Crippen LogP contribution in [0.25, 0.3) is 11.5 Å². The number of thioether (sulfide) groups is 1. The number of halogens is 1. The lowest BCUT2D eigenvalue weighted by atomic mass is 10.0. The number of rotatable bonds is 5. The predicted molar refractivity (Wildman–Crippen MR) is 97.9 cm³/mol. The van der Waals surface area contributed by atoms with Gasteiger partial charge in [-0.3, -0.25) is 4.79 Å². The summed E-state index contributed by atoms with van der Waals surface area (Å²) in [7, 11) is 0. The van der Waals surface area contributed by atoms with Crippen molar-refractivity contribution in [2.75, 3.05) is 12.4 Å². The largest absolute Gasteiger partial charge is 0.493 e. The van der Waals surface area contributed by atoms with Crippen molar-refractivity contribution in [1.82, 2.24) is 15.5 Å². The summed E-state index contributed by atoms with van der Waals surface area (Å²) < 4.78 is 24.1. The second-order valence-electron chi connectivity index (χ2n) is 5.96. The maximum absolute atomic E-state index is 13.0. The molecule has 0 radical (unpaired) electrons. The third-order valence-corrected chi connectivity index (χ3v) is 4.94. The predicted octanol–water partition coefficient (Wildman–Crippen LogP) is 3.61.